The molecule has 0 aliphatic carbocycles. The maximum atomic E-state index is 13.4. The van der Waals surface area contributed by atoms with Crippen LogP contribution in [0, 0.1) is 12.7 Å². The number of rotatable bonds is 4. The van der Waals surface area contributed by atoms with E-state index in [0.29, 0.717) is 11.1 Å². The van der Waals surface area contributed by atoms with Gasteiger partial charge in [-0.25, -0.2) is 9.18 Å². The van der Waals surface area contributed by atoms with Gasteiger partial charge in [-0.05, 0) is 44.9 Å². The Labute approximate surface area is 139 Å². The molecule has 0 aliphatic heterocycles. The molecule has 2 N–H and O–H groups in total. The monoisotopic (exact) mass is 333 g/mol. The number of carboxylic acids is 1. The Balaban J connectivity index is 2.24. The zero-order valence-corrected chi connectivity index (χ0v) is 14.0. The molecular formula is C17H20FN3O3. The Kier molecular flexibility index (Phi) is 4.73. The van der Waals surface area contributed by atoms with Crippen LogP contribution in [0.25, 0.3) is 0 Å². The molecule has 0 fully saturated rings. The Morgan fingerprint density at radius 3 is 2.50 bits per heavy atom. The van der Waals surface area contributed by atoms with Gasteiger partial charge in [-0.15, -0.1) is 0 Å². The van der Waals surface area contributed by atoms with Crippen LogP contribution in [0.3, 0.4) is 0 Å². The van der Waals surface area contributed by atoms with E-state index in [0.717, 1.165) is 0 Å². The average molecular weight is 333 g/mol. The number of nitrogens with one attached hydrogen (secondary N) is 1. The first-order valence-electron chi connectivity index (χ1n) is 7.44. The maximum absolute atomic E-state index is 13.4. The van der Waals surface area contributed by atoms with Crippen LogP contribution in [0.1, 0.15) is 48.3 Å². The molecule has 0 spiro atoms. The molecule has 2 rings (SSSR count). The first kappa shape index (κ1) is 17.7. The minimum atomic E-state index is -1.27. The quantitative estimate of drug-likeness (QED) is 0.901. The molecule has 2 aromatic rings. The molecule has 1 aromatic carbocycles. The third kappa shape index (κ3) is 3.79. The molecule has 0 saturated heterocycles. The summed E-state index contributed by atoms with van der Waals surface area (Å²) < 4.78 is 15.0. The zero-order chi connectivity index (χ0) is 18.1. The van der Waals surface area contributed by atoms with E-state index < -0.39 is 23.7 Å². The molecule has 6 nitrogen and oxygen atoms in total. The van der Waals surface area contributed by atoms with E-state index in [9.17, 15) is 19.1 Å². The van der Waals surface area contributed by atoms with Crippen LogP contribution in [0.15, 0.2) is 30.6 Å². The van der Waals surface area contributed by atoms with Crippen molar-refractivity contribution in [3.8, 4) is 0 Å². The number of hydrogen-bond acceptors (Lipinski definition) is 3. The summed E-state index contributed by atoms with van der Waals surface area (Å²) in [7, 11) is 0. The molecule has 1 aromatic heterocycles. The fourth-order valence-corrected chi connectivity index (χ4v) is 2.16. The Morgan fingerprint density at radius 1 is 1.33 bits per heavy atom. The summed E-state index contributed by atoms with van der Waals surface area (Å²) in [5, 5.41) is 16.0. The molecule has 0 aliphatic rings. The Morgan fingerprint density at radius 2 is 2.00 bits per heavy atom. The standard InChI is InChI=1S/C17H20FN3O3/c1-10-7-11(5-6-13(10)18)14(16(23)24)20-15(22)12-8-19-21(9-12)17(2,3)4/h5-9,14H,1-4H3,(H,20,22)(H,23,24). The fourth-order valence-electron chi connectivity index (χ4n) is 2.16. The van der Waals surface area contributed by atoms with Crippen LogP contribution in [0.2, 0.25) is 0 Å². The summed E-state index contributed by atoms with van der Waals surface area (Å²) in [4.78, 5) is 23.8. The molecule has 0 radical (unpaired) electrons. The fraction of sp³-hybridized carbons (Fsp3) is 0.353. The molecule has 1 heterocycles. The van der Waals surface area contributed by atoms with Crippen molar-refractivity contribution in [2.75, 3.05) is 0 Å². The highest BCUT2D eigenvalue weighted by Crippen LogP contribution is 2.19. The van der Waals surface area contributed by atoms with Crippen LogP contribution >= 0.6 is 0 Å². The molecule has 1 atom stereocenters. The van der Waals surface area contributed by atoms with Crippen molar-refractivity contribution in [1.82, 2.24) is 15.1 Å². The second kappa shape index (κ2) is 6.43. The number of carbonyl (C=O) groups is 2. The number of carbonyl (C=O) groups excluding carboxylic acids is 1. The Bertz CT molecular complexity index is 778. The maximum Gasteiger partial charge on any atom is 0.330 e. The van der Waals surface area contributed by atoms with Gasteiger partial charge in [0.2, 0.25) is 0 Å². The number of aliphatic carboxylic acids is 1. The molecule has 1 unspecified atom stereocenters. The highest BCUT2D eigenvalue weighted by atomic mass is 19.1. The lowest BCUT2D eigenvalue weighted by atomic mass is 10.0. The first-order valence-corrected chi connectivity index (χ1v) is 7.44. The van der Waals surface area contributed by atoms with E-state index in [-0.39, 0.29) is 11.1 Å². The summed E-state index contributed by atoms with van der Waals surface area (Å²) in [6.07, 6.45) is 2.94. The van der Waals surface area contributed by atoms with Gasteiger partial charge in [0, 0.05) is 6.20 Å². The number of halogens is 1. The predicted octanol–water partition coefficient (Wildman–Crippen LogP) is 2.64. The van der Waals surface area contributed by atoms with Crippen molar-refractivity contribution < 1.29 is 19.1 Å². The van der Waals surface area contributed by atoms with Gasteiger partial charge in [0.05, 0.1) is 17.3 Å². The predicted molar refractivity (Wildman–Crippen MR) is 86.2 cm³/mol. The van der Waals surface area contributed by atoms with E-state index >= 15 is 0 Å². The van der Waals surface area contributed by atoms with E-state index in [1.165, 1.54) is 31.3 Å². The molecule has 24 heavy (non-hydrogen) atoms. The number of nitrogens with zero attached hydrogens (tertiary/aromatic N) is 2. The second-order valence-corrected chi connectivity index (χ2v) is 6.60. The van der Waals surface area contributed by atoms with Crippen LogP contribution in [0.4, 0.5) is 4.39 Å². The molecular weight excluding hydrogens is 313 g/mol. The lowest BCUT2D eigenvalue weighted by Gasteiger charge is -2.18. The van der Waals surface area contributed by atoms with Crippen LogP contribution in [-0.4, -0.2) is 26.8 Å². The first-order chi connectivity index (χ1) is 11.1. The van der Waals surface area contributed by atoms with E-state index in [1.54, 1.807) is 10.9 Å². The lowest BCUT2D eigenvalue weighted by Crippen LogP contribution is -2.33. The number of amides is 1. The van der Waals surface area contributed by atoms with Crippen molar-refractivity contribution >= 4 is 11.9 Å². The van der Waals surface area contributed by atoms with E-state index in [1.807, 2.05) is 20.8 Å². The minimum absolute atomic E-state index is 0.259. The highest BCUT2D eigenvalue weighted by Gasteiger charge is 2.24. The number of hydrogen-bond donors (Lipinski definition) is 2. The normalized spacial score (nSPS) is 12.7. The van der Waals surface area contributed by atoms with Crippen LogP contribution in [-0.2, 0) is 10.3 Å². The third-order valence-electron chi connectivity index (χ3n) is 3.57. The zero-order valence-electron chi connectivity index (χ0n) is 14.0. The molecule has 0 bridgehead atoms. The number of carboxylic acid groups (broad SMARTS) is 1. The van der Waals surface area contributed by atoms with E-state index in [2.05, 4.69) is 10.4 Å². The van der Waals surface area contributed by atoms with Crippen LogP contribution < -0.4 is 5.32 Å². The van der Waals surface area contributed by atoms with Gasteiger partial charge in [-0.2, -0.15) is 5.10 Å². The van der Waals surface area contributed by atoms with E-state index in [4.69, 9.17) is 0 Å². The van der Waals surface area contributed by atoms with Crippen molar-refractivity contribution in [2.24, 2.45) is 0 Å². The molecule has 7 heteroatoms. The summed E-state index contributed by atoms with van der Waals surface area (Å²) in [6, 6.07) is 2.67. The summed E-state index contributed by atoms with van der Waals surface area (Å²) in [6.45, 7) is 7.34. The second-order valence-electron chi connectivity index (χ2n) is 6.60. The summed E-state index contributed by atoms with van der Waals surface area (Å²) in [5.41, 5.74) is 0.584. The van der Waals surface area contributed by atoms with Crippen molar-refractivity contribution in [3.05, 3.63) is 53.1 Å². The number of aryl methyl sites for hydroxylation is 1. The Hall–Kier alpha value is -2.70. The molecule has 0 saturated carbocycles. The average Bonchev–Trinajstić information content (AvgIpc) is 2.97. The van der Waals surface area contributed by atoms with Gasteiger partial charge in [-0.3, -0.25) is 9.48 Å². The topological polar surface area (TPSA) is 84.2 Å². The summed E-state index contributed by atoms with van der Waals surface area (Å²) >= 11 is 0. The third-order valence-corrected chi connectivity index (χ3v) is 3.57. The lowest BCUT2D eigenvalue weighted by molar-refractivity contribution is -0.139. The van der Waals surface area contributed by atoms with Gasteiger partial charge < -0.3 is 10.4 Å². The largest absolute Gasteiger partial charge is 0.479 e. The van der Waals surface area contributed by atoms with Crippen molar-refractivity contribution in [3.63, 3.8) is 0 Å². The van der Waals surface area contributed by atoms with Crippen molar-refractivity contribution in [1.29, 1.82) is 0 Å². The summed E-state index contributed by atoms with van der Waals surface area (Å²) in [5.74, 6) is -2.21. The highest BCUT2D eigenvalue weighted by molar-refractivity contribution is 5.96. The van der Waals surface area contributed by atoms with Gasteiger partial charge in [-0.1, -0.05) is 12.1 Å². The smallest absolute Gasteiger partial charge is 0.330 e. The van der Waals surface area contributed by atoms with Gasteiger partial charge in [0.15, 0.2) is 6.04 Å². The number of benzene rings is 1. The van der Waals surface area contributed by atoms with Gasteiger partial charge in [0.1, 0.15) is 5.82 Å². The van der Waals surface area contributed by atoms with Gasteiger partial charge >= 0.3 is 5.97 Å². The minimum Gasteiger partial charge on any atom is -0.479 e. The van der Waals surface area contributed by atoms with Crippen LogP contribution in [0.5, 0.6) is 0 Å². The van der Waals surface area contributed by atoms with Gasteiger partial charge in [0.25, 0.3) is 5.91 Å². The SMILES string of the molecule is Cc1cc(C(NC(=O)c2cnn(C(C)(C)C)c2)C(=O)O)ccc1F. The van der Waals surface area contributed by atoms with Crippen molar-refractivity contribution in [2.45, 2.75) is 39.3 Å². The molecule has 128 valence electrons. The number of aromatic nitrogens is 2. The molecule has 1 amide bonds.